The third-order valence-electron chi connectivity index (χ3n) is 4.24. The molecule has 0 fully saturated rings. The van der Waals surface area contributed by atoms with E-state index in [-0.39, 0.29) is 5.92 Å². The van der Waals surface area contributed by atoms with Gasteiger partial charge in [0, 0.05) is 22.2 Å². The van der Waals surface area contributed by atoms with Crippen molar-refractivity contribution in [2.75, 3.05) is 0 Å². The van der Waals surface area contributed by atoms with E-state index >= 15 is 0 Å². The number of para-hydroxylation sites is 1. The molecule has 4 nitrogen and oxygen atoms in total. The Labute approximate surface area is 134 Å². The summed E-state index contributed by atoms with van der Waals surface area (Å²) in [5.74, 6) is 0.244. The molecule has 4 heteroatoms. The summed E-state index contributed by atoms with van der Waals surface area (Å²) < 4.78 is 2.20. The van der Waals surface area contributed by atoms with Crippen molar-refractivity contribution >= 4 is 21.8 Å². The number of nitrogens with zero attached hydrogens (tertiary/aromatic N) is 3. The van der Waals surface area contributed by atoms with Gasteiger partial charge in [-0.3, -0.25) is 5.10 Å². The highest BCUT2D eigenvalue weighted by Crippen LogP contribution is 2.35. The van der Waals surface area contributed by atoms with E-state index < -0.39 is 0 Å². The first-order chi connectivity index (χ1) is 11.2. The second-order valence-corrected chi connectivity index (χ2v) is 6.02. The quantitative estimate of drug-likeness (QED) is 0.592. The van der Waals surface area contributed by atoms with E-state index in [2.05, 4.69) is 52.9 Å². The van der Waals surface area contributed by atoms with Crippen LogP contribution in [0.2, 0.25) is 0 Å². The van der Waals surface area contributed by atoms with Crippen molar-refractivity contribution in [3.8, 4) is 11.8 Å². The summed E-state index contributed by atoms with van der Waals surface area (Å²) in [4.78, 5) is 0. The molecule has 0 aliphatic carbocycles. The first-order valence-corrected chi connectivity index (χ1v) is 7.67. The van der Waals surface area contributed by atoms with Gasteiger partial charge < -0.3 is 4.57 Å². The van der Waals surface area contributed by atoms with Crippen molar-refractivity contribution in [3.05, 3.63) is 59.9 Å². The van der Waals surface area contributed by atoms with E-state index in [1.54, 1.807) is 0 Å². The largest absolute Gasteiger partial charge is 0.312 e. The lowest BCUT2D eigenvalue weighted by atomic mass is 10.0. The third-order valence-corrected chi connectivity index (χ3v) is 4.24. The summed E-state index contributed by atoms with van der Waals surface area (Å²) in [6.07, 6.45) is 1.82. The highest BCUT2D eigenvalue weighted by molar-refractivity contribution is 5.99. The molecule has 0 aliphatic heterocycles. The molecular weight excluding hydrogens is 284 g/mol. The molecule has 0 bridgehead atoms. The van der Waals surface area contributed by atoms with Gasteiger partial charge in [0.2, 0.25) is 0 Å². The maximum Gasteiger partial charge on any atom is 0.102 e. The number of H-pyrrole nitrogens is 1. The summed E-state index contributed by atoms with van der Waals surface area (Å²) in [5.41, 5.74) is 4.87. The van der Waals surface area contributed by atoms with Gasteiger partial charge >= 0.3 is 0 Å². The van der Waals surface area contributed by atoms with Crippen LogP contribution in [0.25, 0.3) is 27.5 Å². The summed E-state index contributed by atoms with van der Waals surface area (Å²) >= 11 is 0. The summed E-state index contributed by atoms with van der Waals surface area (Å²) in [6, 6.07) is 16.7. The number of benzene rings is 2. The van der Waals surface area contributed by atoms with Crippen molar-refractivity contribution in [1.29, 1.82) is 5.26 Å². The minimum atomic E-state index is 0.244. The van der Waals surface area contributed by atoms with Crippen molar-refractivity contribution < 1.29 is 0 Å². The molecule has 0 atom stereocenters. The zero-order valence-corrected chi connectivity index (χ0v) is 13.0. The molecule has 0 saturated carbocycles. The maximum absolute atomic E-state index is 9.76. The van der Waals surface area contributed by atoms with E-state index in [9.17, 15) is 5.26 Å². The lowest BCUT2D eigenvalue weighted by Gasteiger charge is -2.13. The average Bonchev–Trinajstić information content (AvgIpc) is 3.14. The van der Waals surface area contributed by atoms with Gasteiger partial charge in [0.15, 0.2) is 0 Å². The van der Waals surface area contributed by atoms with Crippen LogP contribution in [0.1, 0.15) is 31.0 Å². The monoisotopic (exact) mass is 300 g/mol. The molecule has 4 rings (SSSR count). The van der Waals surface area contributed by atoms with Gasteiger partial charge in [-0.05, 0) is 30.2 Å². The molecule has 2 aromatic carbocycles. The molecule has 1 N–H and O–H groups in total. The van der Waals surface area contributed by atoms with Gasteiger partial charge in [-0.25, -0.2) is 0 Å². The predicted molar refractivity (Wildman–Crippen MR) is 91.7 cm³/mol. The number of rotatable bonds is 2. The van der Waals surface area contributed by atoms with Crippen LogP contribution in [-0.4, -0.2) is 14.8 Å². The highest BCUT2D eigenvalue weighted by Gasteiger charge is 2.21. The lowest BCUT2D eigenvalue weighted by Crippen LogP contribution is -2.03. The Bertz CT molecular complexity index is 1050. The van der Waals surface area contributed by atoms with E-state index in [1.165, 1.54) is 0 Å². The Hall–Kier alpha value is -3.06. The summed E-state index contributed by atoms with van der Waals surface area (Å²) in [6.45, 7) is 4.25. The van der Waals surface area contributed by atoms with Crippen LogP contribution in [0.5, 0.6) is 0 Å². The van der Waals surface area contributed by atoms with Crippen molar-refractivity contribution in [2.24, 2.45) is 0 Å². The smallest absolute Gasteiger partial charge is 0.102 e. The van der Waals surface area contributed by atoms with E-state index in [0.29, 0.717) is 0 Å². The minimum Gasteiger partial charge on any atom is -0.312 e. The summed E-state index contributed by atoms with van der Waals surface area (Å²) in [7, 11) is 0. The Kier molecular flexibility index (Phi) is 2.95. The van der Waals surface area contributed by atoms with Crippen LogP contribution in [-0.2, 0) is 0 Å². The minimum absolute atomic E-state index is 0.244. The van der Waals surface area contributed by atoms with Gasteiger partial charge in [-0.2, -0.15) is 10.4 Å². The van der Waals surface area contributed by atoms with Crippen LogP contribution < -0.4 is 0 Å². The van der Waals surface area contributed by atoms with Crippen molar-refractivity contribution in [1.82, 2.24) is 14.8 Å². The fourth-order valence-electron chi connectivity index (χ4n) is 3.26. The van der Waals surface area contributed by atoms with Crippen molar-refractivity contribution in [2.45, 2.75) is 19.8 Å². The number of hydrogen-bond acceptors (Lipinski definition) is 2. The third kappa shape index (κ3) is 1.94. The second-order valence-electron chi connectivity index (χ2n) is 6.02. The van der Waals surface area contributed by atoms with E-state index in [1.807, 2.05) is 30.5 Å². The highest BCUT2D eigenvalue weighted by atomic mass is 15.1. The van der Waals surface area contributed by atoms with Crippen LogP contribution in [0, 0.1) is 11.3 Å². The Balaban J connectivity index is 2.21. The molecule has 4 aromatic rings. The first kappa shape index (κ1) is 13.6. The molecule has 0 spiro atoms. The number of fused-ring (bicyclic) bond motifs is 2. The average molecular weight is 300 g/mol. The number of nitrogens with one attached hydrogen (secondary N) is 1. The molecule has 0 radical (unpaired) electrons. The van der Waals surface area contributed by atoms with Crippen LogP contribution in [0.4, 0.5) is 0 Å². The molecule has 0 saturated heterocycles. The predicted octanol–water partition coefficient (Wildman–Crippen LogP) is 4.50. The fraction of sp³-hybridized carbons (Fsp3) is 0.158. The number of nitriles is 1. The Morgan fingerprint density at radius 2 is 1.96 bits per heavy atom. The molecular formula is C19H16N4. The summed E-state index contributed by atoms with van der Waals surface area (Å²) in [5, 5.41) is 18.9. The molecule has 0 aliphatic rings. The van der Waals surface area contributed by atoms with Gasteiger partial charge in [-0.15, -0.1) is 0 Å². The number of hydrogen-bond donors (Lipinski definition) is 1. The zero-order chi connectivity index (χ0) is 16.0. The Morgan fingerprint density at radius 1 is 1.17 bits per heavy atom. The lowest BCUT2D eigenvalue weighted by molar-refractivity contribution is 0.793. The van der Waals surface area contributed by atoms with E-state index in [4.69, 9.17) is 0 Å². The number of aromatic nitrogens is 3. The fourth-order valence-corrected chi connectivity index (χ4v) is 3.26. The standard InChI is InChI=1S/C19H16N4/c1-12(2)19-16(10-20)15-9-17-13(11-21-22-17)8-18(15)23(19)14-6-4-3-5-7-14/h3-9,11-12H,1-2H3,(H,21,22). The van der Waals surface area contributed by atoms with E-state index in [0.717, 1.165) is 38.8 Å². The number of aromatic amines is 1. The van der Waals surface area contributed by atoms with Gasteiger partial charge in [0.05, 0.1) is 22.8 Å². The molecule has 2 heterocycles. The zero-order valence-electron chi connectivity index (χ0n) is 13.0. The van der Waals surface area contributed by atoms with Crippen LogP contribution in [0.15, 0.2) is 48.7 Å². The SMILES string of the molecule is CC(C)c1c(C#N)c2cc3[nH]ncc3cc2n1-c1ccccc1. The molecule has 2 aromatic heterocycles. The second kappa shape index (κ2) is 4.99. The van der Waals surface area contributed by atoms with Crippen molar-refractivity contribution in [3.63, 3.8) is 0 Å². The normalized spacial score (nSPS) is 11.4. The maximum atomic E-state index is 9.76. The van der Waals surface area contributed by atoms with Crippen LogP contribution in [0.3, 0.4) is 0 Å². The Morgan fingerprint density at radius 3 is 2.65 bits per heavy atom. The van der Waals surface area contributed by atoms with Crippen LogP contribution >= 0.6 is 0 Å². The molecule has 112 valence electrons. The van der Waals surface area contributed by atoms with Gasteiger partial charge in [-0.1, -0.05) is 32.0 Å². The first-order valence-electron chi connectivity index (χ1n) is 7.67. The van der Waals surface area contributed by atoms with Gasteiger partial charge in [0.1, 0.15) is 6.07 Å². The van der Waals surface area contributed by atoms with Gasteiger partial charge in [0.25, 0.3) is 0 Å². The topological polar surface area (TPSA) is 57.4 Å². The molecule has 23 heavy (non-hydrogen) atoms. The molecule has 0 unspecified atom stereocenters. The molecule has 0 amide bonds.